The summed E-state index contributed by atoms with van der Waals surface area (Å²) in [6.45, 7) is 7.72. The van der Waals surface area contributed by atoms with Crippen molar-refractivity contribution in [2.24, 2.45) is 0 Å². The van der Waals surface area contributed by atoms with E-state index in [4.69, 9.17) is 4.42 Å². The van der Waals surface area contributed by atoms with Crippen LogP contribution in [0.25, 0.3) is 11.6 Å². The lowest BCUT2D eigenvalue weighted by atomic mass is 10.0. The van der Waals surface area contributed by atoms with E-state index < -0.39 is 0 Å². The van der Waals surface area contributed by atoms with Crippen LogP contribution >= 0.6 is 11.8 Å². The highest BCUT2D eigenvalue weighted by Crippen LogP contribution is 2.24. The molecule has 7 heteroatoms. The molecule has 0 bridgehead atoms. The third-order valence-corrected chi connectivity index (χ3v) is 5.46. The third kappa shape index (κ3) is 5.04. The summed E-state index contributed by atoms with van der Waals surface area (Å²) in [4.78, 5) is 12.2. The second-order valence-corrected chi connectivity index (χ2v) is 7.76. The minimum absolute atomic E-state index is 0.00555. The molecule has 3 rings (SSSR count). The number of carbonyl (C=O) groups excluding carboxylic acids is 1. The molecule has 1 amide bonds. The summed E-state index contributed by atoms with van der Waals surface area (Å²) in [5.74, 6) is 2.19. The number of thioether (sulfide) groups is 1. The number of furan rings is 1. The molecule has 2 aromatic heterocycles. The molecule has 0 saturated heterocycles. The lowest BCUT2D eigenvalue weighted by Crippen LogP contribution is -2.27. The first-order valence-corrected chi connectivity index (χ1v) is 10.5. The molecule has 0 fully saturated rings. The zero-order valence-electron chi connectivity index (χ0n) is 16.5. The van der Waals surface area contributed by atoms with Crippen LogP contribution in [0, 0.1) is 0 Å². The quantitative estimate of drug-likeness (QED) is 0.549. The van der Waals surface area contributed by atoms with Crippen LogP contribution in [0.4, 0.5) is 0 Å². The Morgan fingerprint density at radius 3 is 2.64 bits per heavy atom. The molecule has 0 unspecified atom stereocenters. The molecule has 0 aliphatic heterocycles. The van der Waals surface area contributed by atoms with E-state index >= 15 is 0 Å². The standard InChI is InChI=1S/C21H26N4O2S/c1-4-25-20(18-6-5-13-27-18)23-24-21(25)28-14-19(26)22-12-11-16-7-9-17(10-8-16)15(2)3/h5-10,13,15H,4,11-12,14H2,1-3H3,(H,22,26). The summed E-state index contributed by atoms with van der Waals surface area (Å²) < 4.78 is 7.36. The van der Waals surface area contributed by atoms with Crippen LogP contribution in [0.15, 0.2) is 52.2 Å². The largest absolute Gasteiger partial charge is 0.461 e. The molecule has 148 valence electrons. The number of benzene rings is 1. The van der Waals surface area contributed by atoms with Crippen molar-refractivity contribution in [3.8, 4) is 11.6 Å². The number of rotatable bonds is 9. The predicted molar refractivity (Wildman–Crippen MR) is 111 cm³/mol. The number of amides is 1. The molecule has 6 nitrogen and oxygen atoms in total. The number of carbonyl (C=O) groups is 1. The Morgan fingerprint density at radius 2 is 2.00 bits per heavy atom. The number of hydrogen-bond donors (Lipinski definition) is 1. The van der Waals surface area contributed by atoms with Gasteiger partial charge in [0.05, 0.1) is 12.0 Å². The van der Waals surface area contributed by atoms with E-state index in [1.807, 2.05) is 23.6 Å². The maximum Gasteiger partial charge on any atom is 0.230 e. The fourth-order valence-electron chi connectivity index (χ4n) is 2.87. The van der Waals surface area contributed by atoms with E-state index in [0.29, 0.717) is 41.5 Å². The van der Waals surface area contributed by atoms with Crippen LogP contribution in [-0.2, 0) is 17.8 Å². The summed E-state index contributed by atoms with van der Waals surface area (Å²) in [6.07, 6.45) is 2.43. The van der Waals surface area contributed by atoms with Crippen LogP contribution in [0.3, 0.4) is 0 Å². The highest BCUT2D eigenvalue weighted by atomic mass is 32.2. The van der Waals surface area contributed by atoms with Crippen LogP contribution in [0.2, 0.25) is 0 Å². The number of nitrogens with zero attached hydrogens (tertiary/aromatic N) is 3. The molecule has 1 N–H and O–H groups in total. The van der Waals surface area contributed by atoms with Gasteiger partial charge in [0.2, 0.25) is 5.91 Å². The normalized spacial score (nSPS) is 11.1. The van der Waals surface area contributed by atoms with E-state index in [1.54, 1.807) is 6.26 Å². The molecular weight excluding hydrogens is 372 g/mol. The summed E-state index contributed by atoms with van der Waals surface area (Å²) in [6, 6.07) is 12.3. The van der Waals surface area contributed by atoms with Gasteiger partial charge in [-0.05, 0) is 42.5 Å². The Labute approximate surface area is 169 Å². The lowest BCUT2D eigenvalue weighted by Gasteiger charge is -2.08. The molecule has 0 aliphatic carbocycles. The van der Waals surface area contributed by atoms with Crippen LogP contribution in [-0.4, -0.2) is 33.0 Å². The fraction of sp³-hybridized carbons (Fsp3) is 0.381. The van der Waals surface area contributed by atoms with Gasteiger partial charge in [0.25, 0.3) is 0 Å². The van der Waals surface area contributed by atoms with E-state index in [2.05, 4.69) is 53.6 Å². The van der Waals surface area contributed by atoms with Gasteiger partial charge in [0, 0.05) is 13.1 Å². The molecule has 0 saturated carbocycles. The van der Waals surface area contributed by atoms with Gasteiger partial charge in [0.1, 0.15) is 0 Å². The van der Waals surface area contributed by atoms with Gasteiger partial charge in [0.15, 0.2) is 16.7 Å². The number of hydrogen-bond acceptors (Lipinski definition) is 5. The Balaban J connectivity index is 1.47. The average molecular weight is 399 g/mol. The first kappa shape index (κ1) is 20.2. The minimum Gasteiger partial charge on any atom is -0.461 e. The van der Waals surface area contributed by atoms with Gasteiger partial charge in [-0.1, -0.05) is 49.9 Å². The van der Waals surface area contributed by atoms with Crippen molar-refractivity contribution >= 4 is 17.7 Å². The molecule has 0 aliphatic rings. The van der Waals surface area contributed by atoms with Gasteiger partial charge >= 0.3 is 0 Å². The van der Waals surface area contributed by atoms with Crippen molar-refractivity contribution < 1.29 is 9.21 Å². The maximum atomic E-state index is 12.2. The highest BCUT2D eigenvalue weighted by Gasteiger charge is 2.16. The summed E-state index contributed by atoms with van der Waals surface area (Å²) in [7, 11) is 0. The van der Waals surface area contributed by atoms with Crippen LogP contribution in [0.1, 0.15) is 37.8 Å². The van der Waals surface area contributed by atoms with Crippen molar-refractivity contribution in [2.45, 2.75) is 44.8 Å². The smallest absolute Gasteiger partial charge is 0.230 e. The van der Waals surface area contributed by atoms with Crippen molar-refractivity contribution in [3.05, 3.63) is 53.8 Å². The minimum atomic E-state index is -0.00555. The molecular formula is C21H26N4O2S. The topological polar surface area (TPSA) is 73.0 Å². The van der Waals surface area contributed by atoms with E-state index in [1.165, 1.54) is 22.9 Å². The SMILES string of the molecule is CCn1c(SCC(=O)NCCc2ccc(C(C)C)cc2)nnc1-c1ccco1. The molecule has 2 heterocycles. The average Bonchev–Trinajstić information content (AvgIpc) is 3.35. The fourth-order valence-corrected chi connectivity index (χ4v) is 3.70. The molecule has 0 spiro atoms. The van der Waals surface area contributed by atoms with Crippen molar-refractivity contribution in [1.29, 1.82) is 0 Å². The van der Waals surface area contributed by atoms with Gasteiger partial charge in [-0.2, -0.15) is 0 Å². The molecule has 0 radical (unpaired) electrons. The second kappa shape index (κ2) is 9.59. The number of aromatic nitrogens is 3. The Hall–Kier alpha value is -2.54. The van der Waals surface area contributed by atoms with Crippen LogP contribution in [0.5, 0.6) is 0 Å². The highest BCUT2D eigenvalue weighted by molar-refractivity contribution is 7.99. The van der Waals surface area contributed by atoms with E-state index in [0.717, 1.165) is 6.42 Å². The van der Waals surface area contributed by atoms with Gasteiger partial charge in [-0.3, -0.25) is 9.36 Å². The van der Waals surface area contributed by atoms with Crippen molar-refractivity contribution in [3.63, 3.8) is 0 Å². The monoisotopic (exact) mass is 398 g/mol. The Morgan fingerprint density at radius 1 is 1.21 bits per heavy atom. The van der Waals surface area contributed by atoms with Crippen molar-refractivity contribution in [2.75, 3.05) is 12.3 Å². The first-order valence-electron chi connectivity index (χ1n) is 9.54. The Bertz CT molecular complexity index is 886. The summed E-state index contributed by atoms with van der Waals surface area (Å²) in [5, 5.41) is 12.1. The summed E-state index contributed by atoms with van der Waals surface area (Å²) in [5.41, 5.74) is 2.56. The molecule has 28 heavy (non-hydrogen) atoms. The lowest BCUT2D eigenvalue weighted by molar-refractivity contribution is -0.118. The number of nitrogens with one attached hydrogen (secondary N) is 1. The first-order chi connectivity index (χ1) is 13.6. The second-order valence-electron chi connectivity index (χ2n) is 6.81. The van der Waals surface area contributed by atoms with E-state index in [9.17, 15) is 4.79 Å². The zero-order valence-corrected chi connectivity index (χ0v) is 17.3. The van der Waals surface area contributed by atoms with E-state index in [-0.39, 0.29) is 5.91 Å². The van der Waals surface area contributed by atoms with Gasteiger partial charge < -0.3 is 9.73 Å². The Kier molecular flexibility index (Phi) is 6.92. The van der Waals surface area contributed by atoms with Gasteiger partial charge in [-0.15, -0.1) is 10.2 Å². The summed E-state index contributed by atoms with van der Waals surface area (Å²) >= 11 is 1.38. The zero-order chi connectivity index (χ0) is 19.9. The maximum absolute atomic E-state index is 12.2. The predicted octanol–water partition coefficient (Wildman–Crippen LogP) is 4.13. The van der Waals surface area contributed by atoms with Crippen LogP contribution < -0.4 is 5.32 Å². The van der Waals surface area contributed by atoms with Crippen molar-refractivity contribution in [1.82, 2.24) is 20.1 Å². The molecule has 1 aromatic carbocycles. The molecule has 3 aromatic rings. The molecule has 0 atom stereocenters. The third-order valence-electron chi connectivity index (χ3n) is 4.49. The van der Waals surface area contributed by atoms with Gasteiger partial charge in [-0.25, -0.2) is 0 Å².